The fourth-order valence-corrected chi connectivity index (χ4v) is 3.69. The Bertz CT molecular complexity index is 1170. The summed E-state index contributed by atoms with van der Waals surface area (Å²) in [5.74, 6) is -0.688. The number of carbonyl (C=O) groups is 2. The minimum Gasteiger partial charge on any atom is -0.361 e. The van der Waals surface area contributed by atoms with Gasteiger partial charge in [0.2, 0.25) is 0 Å². The minimum atomic E-state index is -0.787. The standard InChI is InChI=1S/C22H19N5O2S/c28-21(27-25-13-15-5-3-9-23-12-15)19(26-22(29)20-8-4-10-30-20)11-16-14-24-18-7-2-1-6-17(16)18/h1-10,12-14,19,24H,11H2,(H,26,29)(H,27,28)/b25-13-/t19-/m0/s1. The fourth-order valence-electron chi connectivity index (χ4n) is 3.07. The lowest BCUT2D eigenvalue weighted by molar-refractivity contribution is -0.122. The van der Waals surface area contributed by atoms with Crippen molar-refractivity contribution in [3.63, 3.8) is 0 Å². The van der Waals surface area contributed by atoms with Crippen molar-refractivity contribution in [3.05, 3.63) is 88.5 Å². The van der Waals surface area contributed by atoms with Crippen LogP contribution in [0.5, 0.6) is 0 Å². The highest BCUT2D eigenvalue weighted by Gasteiger charge is 2.23. The molecule has 2 amide bonds. The number of rotatable bonds is 7. The molecule has 0 aliphatic heterocycles. The quantitative estimate of drug-likeness (QED) is 0.318. The van der Waals surface area contributed by atoms with Crippen molar-refractivity contribution >= 4 is 40.3 Å². The molecule has 3 N–H and O–H groups in total. The number of nitrogens with zero attached hydrogens (tertiary/aromatic N) is 2. The Labute approximate surface area is 176 Å². The third kappa shape index (κ3) is 4.61. The SMILES string of the molecule is O=C(N[C@@H](Cc1c[nH]c2ccccc12)C(=O)N/N=C\c1cccnc1)c1cccs1. The molecule has 0 radical (unpaired) electrons. The van der Waals surface area contributed by atoms with Gasteiger partial charge >= 0.3 is 0 Å². The molecule has 0 aliphatic rings. The molecule has 8 heteroatoms. The van der Waals surface area contributed by atoms with E-state index in [-0.39, 0.29) is 5.91 Å². The number of aromatic nitrogens is 2. The van der Waals surface area contributed by atoms with Crippen LogP contribution in [-0.2, 0) is 11.2 Å². The molecule has 7 nitrogen and oxygen atoms in total. The highest BCUT2D eigenvalue weighted by molar-refractivity contribution is 7.12. The van der Waals surface area contributed by atoms with Gasteiger partial charge < -0.3 is 10.3 Å². The second-order valence-electron chi connectivity index (χ2n) is 6.59. The van der Waals surface area contributed by atoms with E-state index in [1.165, 1.54) is 17.6 Å². The predicted molar refractivity (Wildman–Crippen MR) is 118 cm³/mol. The number of para-hydroxylation sites is 1. The summed E-state index contributed by atoms with van der Waals surface area (Å²) < 4.78 is 0. The summed E-state index contributed by atoms with van der Waals surface area (Å²) in [6, 6.07) is 14.2. The Balaban J connectivity index is 1.52. The molecule has 3 aromatic heterocycles. The molecular weight excluding hydrogens is 398 g/mol. The highest BCUT2D eigenvalue weighted by Crippen LogP contribution is 2.19. The lowest BCUT2D eigenvalue weighted by Gasteiger charge is -2.16. The van der Waals surface area contributed by atoms with E-state index >= 15 is 0 Å². The number of pyridine rings is 1. The van der Waals surface area contributed by atoms with Crippen LogP contribution in [0, 0.1) is 0 Å². The smallest absolute Gasteiger partial charge is 0.262 e. The fraction of sp³-hybridized carbons (Fsp3) is 0.0909. The van der Waals surface area contributed by atoms with E-state index in [2.05, 4.69) is 25.8 Å². The van der Waals surface area contributed by atoms with E-state index in [0.29, 0.717) is 11.3 Å². The molecule has 1 aromatic carbocycles. The topological polar surface area (TPSA) is 99.2 Å². The summed E-state index contributed by atoms with van der Waals surface area (Å²) in [5, 5.41) is 9.67. The molecule has 1 atom stereocenters. The van der Waals surface area contributed by atoms with Crippen molar-refractivity contribution in [2.24, 2.45) is 5.10 Å². The molecule has 30 heavy (non-hydrogen) atoms. The van der Waals surface area contributed by atoms with Gasteiger partial charge in [-0.25, -0.2) is 5.43 Å². The second-order valence-corrected chi connectivity index (χ2v) is 7.54. The van der Waals surface area contributed by atoms with E-state index in [4.69, 9.17) is 0 Å². The third-order valence-electron chi connectivity index (χ3n) is 4.54. The van der Waals surface area contributed by atoms with Crippen molar-refractivity contribution < 1.29 is 9.59 Å². The Morgan fingerprint density at radius 2 is 2.07 bits per heavy atom. The largest absolute Gasteiger partial charge is 0.361 e. The zero-order valence-electron chi connectivity index (χ0n) is 15.9. The second kappa shape index (κ2) is 9.15. The van der Waals surface area contributed by atoms with Crippen molar-refractivity contribution in [3.8, 4) is 0 Å². The summed E-state index contributed by atoms with van der Waals surface area (Å²) in [4.78, 5) is 33.2. The van der Waals surface area contributed by atoms with Crippen LogP contribution < -0.4 is 10.7 Å². The number of benzene rings is 1. The highest BCUT2D eigenvalue weighted by atomic mass is 32.1. The maximum Gasteiger partial charge on any atom is 0.262 e. The molecular formula is C22H19N5O2S. The van der Waals surface area contributed by atoms with Crippen LogP contribution in [0.3, 0.4) is 0 Å². The van der Waals surface area contributed by atoms with Crippen molar-refractivity contribution in [2.75, 3.05) is 0 Å². The summed E-state index contributed by atoms with van der Waals surface area (Å²) in [7, 11) is 0. The van der Waals surface area contributed by atoms with E-state index in [9.17, 15) is 9.59 Å². The van der Waals surface area contributed by atoms with Crippen LogP contribution in [0.2, 0.25) is 0 Å². The van der Waals surface area contributed by atoms with Crippen molar-refractivity contribution in [2.45, 2.75) is 12.5 Å². The molecule has 0 unspecified atom stereocenters. The zero-order chi connectivity index (χ0) is 20.8. The minimum absolute atomic E-state index is 0.291. The first kappa shape index (κ1) is 19.5. The van der Waals surface area contributed by atoms with E-state index in [0.717, 1.165) is 22.0 Å². The Morgan fingerprint density at radius 3 is 2.87 bits per heavy atom. The van der Waals surface area contributed by atoms with E-state index in [1.807, 2.05) is 41.9 Å². The Morgan fingerprint density at radius 1 is 1.17 bits per heavy atom. The Hall–Kier alpha value is -3.78. The van der Waals surface area contributed by atoms with Gasteiger partial charge in [0, 0.05) is 41.5 Å². The number of thiophene rings is 1. The summed E-state index contributed by atoms with van der Waals surface area (Å²) >= 11 is 1.32. The van der Waals surface area contributed by atoms with E-state index < -0.39 is 11.9 Å². The molecule has 0 saturated carbocycles. The lowest BCUT2D eigenvalue weighted by Crippen LogP contribution is -2.46. The van der Waals surface area contributed by atoms with Gasteiger partial charge in [-0.1, -0.05) is 30.3 Å². The molecule has 0 fully saturated rings. The van der Waals surface area contributed by atoms with Gasteiger partial charge in [0.15, 0.2) is 0 Å². The first-order valence-electron chi connectivity index (χ1n) is 9.33. The molecule has 0 aliphatic carbocycles. The summed E-state index contributed by atoms with van der Waals surface area (Å²) in [5.41, 5.74) is 5.20. The maximum atomic E-state index is 12.8. The molecule has 0 spiro atoms. The number of nitrogens with one attached hydrogen (secondary N) is 3. The molecule has 0 bridgehead atoms. The molecule has 0 saturated heterocycles. The van der Waals surface area contributed by atoms with Crippen molar-refractivity contribution in [1.29, 1.82) is 0 Å². The summed E-state index contributed by atoms with van der Waals surface area (Å²) in [6.45, 7) is 0. The summed E-state index contributed by atoms with van der Waals surface area (Å²) in [6.07, 6.45) is 7.00. The molecule has 3 heterocycles. The number of hydrogen-bond donors (Lipinski definition) is 3. The van der Waals surface area contributed by atoms with Gasteiger partial charge in [-0.2, -0.15) is 5.10 Å². The first-order chi connectivity index (χ1) is 14.7. The van der Waals surface area contributed by atoms with Crippen LogP contribution in [0.4, 0.5) is 0 Å². The lowest BCUT2D eigenvalue weighted by atomic mass is 10.0. The van der Waals surface area contributed by atoms with E-state index in [1.54, 1.807) is 30.6 Å². The normalized spacial score (nSPS) is 12.1. The third-order valence-corrected chi connectivity index (χ3v) is 5.41. The van der Waals surface area contributed by atoms with Crippen LogP contribution in [0.1, 0.15) is 20.8 Å². The van der Waals surface area contributed by atoms with Crippen LogP contribution in [0.15, 0.2) is 77.6 Å². The van der Waals surface area contributed by atoms with Crippen LogP contribution >= 0.6 is 11.3 Å². The maximum absolute atomic E-state index is 12.8. The van der Waals surface area contributed by atoms with Crippen LogP contribution in [0.25, 0.3) is 10.9 Å². The van der Waals surface area contributed by atoms with Crippen LogP contribution in [-0.4, -0.2) is 34.0 Å². The van der Waals surface area contributed by atoms with Crippen molar-refractivity contribution in [1.82, 2.24) is 20.7 Å². The number of fused-ring (bicyclic) bond motifs is 1. The van der Waals surface area contributed by atoms with Gasteiger partial charge in [0.25, 0.3) is 11.8 Å². The average molecular weight is 417 g/mol. The number of amides is 2. The number of hydrogen-bond acceptors (Lipinski definition) is 5. The number of aromatic amines is 1. The van der Waals surface area contributed by atoms with Gasteiger partial charge in [-0.15, -0.1) is 11.3 Å². The number of carbonyl (C=O) groups excluding carboxylic acids is 2. The zero-order valence-corrected chi connectivity index (χ0v) is 16.7. The number of H-pyrrole nitrogens is 1. The average Bonchev–Trinajstić information content (AvgIpc) is 3.45. The monoisotopic (exact) mass is 417 g/mol. The van der Waals surface area contributed by atoms with Gasteiger partial charge in [0.1, 0.15) is 6.04 Å². The predicted octanol–water partition coefficient (Wildman–Crippen LogP) is 3.12. The van der Waals surface area contributed by atoms with Gasteiger partial charge in [-0.05, 0) is 29.1 Å². The number of hydrazone groups is 1. The Kier molecular flexibility index (Phi) is 5.95. The van der Waals surface area contributed by atoms with Gasteiger partial charge in [-0.3, -0.25) is 14.6 Å². The van der Waals surface area contributed by atoms with Gasteiger partial charge in [0.05, 0.1) is 11.1 Å². The molecule has 150 valence electrons. The first-order valence-corrected chi connectivity index (χ1v) is 10.2. The molecule has 4 rings (SSSR count). The molecule has 4 aromatic rings.